The number of aromatic amines is 1. The van der Waals surface area contributed by atoms with Gasteiger partial charge in [-0.15, -0.1) is 0 Å². The van der Waals surface area contributed by atoms with Gasteiger partial charge in [0.15, 0.2) is 5.78 Å². The van der Waals surface area contributed by atoms with Crippen LogP contribution in [-0.4, -0.2) is 23.8 Å². The Morgan fingerprint density at radius 3 is 2.94 bits per heavy atom. The second kappa shape index (κ2) is 3.98. The second-order valence-corrected chi connectivity index (χ2v) is 4.50. The van der Waals surface area contributed by atoms with Crippen LogP contribution in [0.4, 0.5) is 0 Å². The predicted molar refractivity (Wildman–Crippen MR) is 66.6 cm³/mol. The number of esters is 1. The first-order valence-electron chi connectivity index (χ1n) is 5.94. The van der Waals surface area contributed by atoms with E-state index in [2.05, 4.69) is 4.98 Å². The summed E-state index contributed by atoms with van der Waals surface area (Å²) >= 11 is 0. The molecule has 1 unspecified atom stereocenters. The molecule has 1 aromatic carbocycles. The van der Waals surface area contributed by atoms with Gasteiger partial charge in [0.2, 0.25) is 0 Å². The van der Waals surface area contributed by atoms with E-state index in [0.29, 0.717) is 24.1 Å². The Hall–Kier alpha value is -2.10. The summed E-state index contributed by atoms with van der Waals surface area (Å²) in [5.41, 5.74) is 2.26. The van der Waals surface area contributed by atoms with E-state index in [1.54, 1.807) is 0 Å². The van der Waals surface area contributed by atoms with Crippen LogP contribution in [0.2, 0.25) is 0 Å². The van der Waals surface area contributed by atoms with Crippen LogP contribution in [0.15, 0.2) is 24.3 Å². The summed E-state index contributed by atoms with van der Waals surface area (Å²) in [4.78, 5) is 27.0. The number of fused-ring (bicyclic) bond motifs is 3. The van der Waals surface area contributed by atoms with Gasteiger partial charge in [0.25, 0.3) is 0 Å². The first-order chi connectivity index (χ1) is 8.72. The number of benzene rings is 1. The molecule has 1 aliphatic carbocycles. The Labute approximate surface area is 104 Å². The Balaban J connectivity index is 2.24. The number of hydrogen-bond donors (Lipinski definition) is 1. The van der Waals surface area contributed by atoms with Crippen molar-refractivity contribution in [3.63, 3.8) is 0 Å². The number of Topliss-reactive ketones (excluding diaryl/α,β-unsaturated/α-hetero) is 1. The minimum absolute atomic E-state index is 0.0996. The Bertz CT molecular complexity index is 642. The molecule has 1 N–H and O–H groups in total. The van der Waals surface area contributed by atoms with Crippen molar-refractivity contribution < 1.29 is 14.3 Å². The first kappa shape index (κ1) is 11.0. The van der Waals surface area contributed by atoms with E-state index in [-0.39, 0.29) is 17.7 Å². The molecular weight excluding hydrogens is 230 g/mol. The van der Waals surface area contributed by atoms with Crippen LogP contribution < -0.4 is 0 Å². The molecule has 0 bridgehead atoms. The SMILES string of the molecule is COC(=O)C1CCC(=O)c2c1[nH]c1ccccc21. The smallest absolute Gasteiger partial charge is 0.314 e. The number of ketones is 1. The summed E-state index contributed by atoms with van der Waals surface area (Å²) in [7, 11) is 1.38. The van der Waals surface area contributed by atoms with Gasteiger partial charge < -0.3 is 9.72 Å². The van der Waals surface area contributed by atoms with Gasteiger partial charge in [-0.1, -0.05) is 18.2 Å². The van der Waals surface area contributed by atoms with Crippen molar-refractivity contribution in [2.45, 2.75) is 18.8 Å². The third-order valence-corrected chi connectivity index (χ3v) is 3.51. The average Bonchev–Trinajstić information content (AvgIpc) is 2.78. The molecule has 1 aliphatic rings. The molecule has 4 nitrogen and oxygen atoms in total. The normalized spacial score (nSPS) is 18.7. The topological polar surface area (TPSA) is 59.2 Å². The zero-order chi connectivity index (χ0) is 12.7. The van der Waals surface area contributed by atoms with Gasteiger partial charge in [0.1, 0.15) is 0 Å². The molecule has 0 saturated carbocycles. The molecule has 18 heavy (non-hydrogen) atoms. The molecule has 1 heterocycles. The number of carbonyl (C=O) groups is 2. The lowest BCUT2D eigenvalue weighted by Crippen LogP contribution is -2.22. The van der Waals surface area contributed by atoms with E-state index < -0.39 is 0 Å². The van der Waals surface area contributed by atoms with Crippen molar-refractivity contribution in [1.82, 2.24) is 4.98 Å². The number of methoxy groups -OCH3 is 1. The largest absolute Gasteiger partial charge is 0.469 e. The van der Waals surface area contributed by atoms with Crippen LogP contribution in [0.1, 0.15) is 34.8 Å². The maximum Gasteiger partial charge on any atom is 0.314 e. The molecule has 3 rings (SSSR count). The van der Waals surface area contributed by atoms with Crippen molar-refractivity contribution >= 4 is 22.7 Å². The van der Waals surface area contributed by atoms with E-state index in [4.69, 9.17) is 4.74 Å². The molecule has 4 heteroatoms. The molecule has 1 atom stereocenters. The molecule has 0 radical (unpaired) electrons. The summed E-state index contributed by atoms with van der Waals surface area (Å²) in [5, 5.41) is 0.895. The Morgan fingerprint density at radius 1 is 1.39 bits per heavy atom. The molecule has 0 fully saturated rings. The third-order valence-electron chi connectivity index (χ3n) is 3.51. The highest BCUT2D eigenvalue weighted by Gasteiger charge is 2.34. The average molecular weight is 243 g/mol. The third kappa shape index (κ3) is 1.45. The number of rotatable bonds is 1. The Kier molecular flexibility index (Phi) is 2.44. The Morgan fingerprint density at radius 2 is 2.17 bits per heavy atom. The van der Waals surface area contributed by atoms with Crippen molar-refractivity contribution in [1.29, 1.82) is 0 Å². The quantitative estimate of drug-likeness (QED) is 0.782. The second-order valence-electron chi connectivity index (χ2n) is 4.50. The molecule has 0 aliphatic heterocycles. The van der Waals surface area contributed by atoms with E-state index in [9.17, 15) is 9.59 Å². The number of aromatic nitrogens is 1. The van der Waals surface area contributed by atoms with Crippen LogP contribution in [0.3, 0.4) is 0 Å². The minimum atomic E-state index is -0.352. The minimum Gasteiger partial charge on any atom is -0.469 e. The van der Waals surface area contributed by atoms with E-state index in [1.165, 1.54) is 7.11 Å². The number of hydrogen-bond acceptors (Lipinski definition) is 3. The molecule has 0 amide bonds. The van der Waals surface area contributed by atoms with Gasteiger partial charge in [-0.05, 0) is 12.5 Å². The maximum atomic E-state index is 12.0. The molecular formula is C14H13NO3. The van der Waals surface area contributed by atoms with Crippen LogP contribution >= 0.6 is 0 Å². The number of carbonyl (C=O) groups excluding carboxylic acids is 2. The van der Waals surface area contributed by atoms with Gasteiger partial charge in [0.05, 0.1) is 13.0 Å². The highest BCUT2D eigenvalue weighted by atomic mass is 16.5. The number of ether oxygens (including phenoxy) is 1. The maximum absolute atomic E-state index is 12.0. The van der Waals surface area contributed by atoms with E-state index >= 15 is 0 Å². The fourth-order valence-corrected chi connectivity index (χ4v) is 2.65. The van der Waals surface area contributed by atoms with Crippen LogP contribution in [0, 0.1) is 0 Å². The number of nitrogens with one attached hydrogen (secondary N) is 1. The standard InChI is InChI=1S/C14H13NO3/c1-18-14(17)9-6-7-11(16)12-8-4-2-3-5-10(8)15-13(9)12/h2-5,9,15H,6-7H2,1H3. The number of H-pyrrole nitrogens is 1. The predicted octanol–water partition coefficient (Wildman–Crippen LogP) is 2.40. The summed E-state index contributed by atoms with van der Waals surface area (Å²) in [6, 6.07) is 7.62. The highest BCUT2D eigenvalue weighted by Crippen LogP contribution is 2.36. The summed E-state index contributed by atoms with van der Waals surface area (Å²) in [6.07, 6.45) is 0.917. The van der Waals surface area contributed by atoms with Crippen LogP contribution in [-0.2, 0) is 9.53 Å². The lowest BCUT2D eigenvalue weighted by Gasteiger charge is -2.19. The van der Waals surface area contributed by atoms with Crippen LogP contribution in [0.5, 0.6) is 0 Å². The molecule has 92 valence electrons. The fourth-order valence-electron chi connectivity index (χ4n) is 2.65. The lowest BCUT2D eigenvalue weighted by molar-refractivity contribution is -0.142. The van der Waals surface area contributed by atoms with Gasteiger partial charge in [-0.3, -0.25) is 9.59 Å². The first-order valence-corrected chi connectivity index (χ1v) is 5.94. The summed E-state index contributed by atoms with van der Waals surface area (Å²) in [5.74, 6) is -0.534. The number of para-hydroxylation sites is 1. The highest BCUT2D eigenvalue weighted by molar-refractivity contribution is 6.11. The molecule has 2 aromatic rings. The molecule has 0 spiro atoms. The summed E-state index contributed by atoms with van der Waals surface area (Å²) in [6.45, 7) is 0. The van der Waals surface area contributed by atoms with E-state index in [1.807, 2.05) is 24.3 Å². The zero-order valence-corrected chi connectivity index (χ0v) is 10.0. The van der Waals surface area contributed by atoms with Gasteiger partial charge in [0, 0.05) is 28.6 Å². The van der Waals surface area contributed by atoms with Crippen LogP contribution in [0.25, 0.3) is 10.9 Å². The molecule has 0 saturated heterocycles. The van der Waals surface area contributed by atoms with Crippen molar-refractivity contribution in [3.05, 3.63) is 35.5 Å². The van der Waals surface area contributed by atoms with Crippen molar-refractivity contribution in [3.8, 4) is 0 Å². The van der Waals surface area contributed by atoms with Crippen molar-refractivity contribution in [2.75, 3.05) is 7.11 Å². The monoisotopic (exact) mass is 243 g/mol. The zero-order valence-electron chi connectivity index (χ0n) is 10.0. The van der Waals surface area contributed by atoms with Gasteiger partial charge in [-0.2, -0.15) is 0 Å². The van der Waals surface area contributed by atoms with Gasteiger partial charge in [-0.25, -0.2) is 0 Å². The van der Waals surface area contributed by atoms with E-state index in [0.717, 1.165) is 10.9 Å². The van der Waals surface area contributed by atoms with Crippen molar-refractivity contribution in [2.24, 2.45) is 0 Å². The van der Waals surface area contributed by atoms with Gasteiger partial charge >= 0.3 is 5.97 Å². The lowest BCUT2D eigenvalue weighted by atomic mass is 9.86. The fraction of sp³-hybridized carbons (Fsp3) is 0.286. The summed E-state index contributed by atoms with van der Waals surface area (Å²) < 4.78 is 4.81. The molecule has 1 aromatic heterocycles.